The Balaban J connectivity index is 2.10. The summed E-state index contributed by atoms with van der Waals surface area (Å²) < 4.78 is 1.56. The van der Waals surface area contributed by atoms with E-state index in [9.17, 15) is 4.79 Å². The van der Waals surface area contributed by atoms with E-state index in [0.29, 0.717) is 16.8 Å². The standard InChI is InChI=1S/C17H14ClN3O/c1-10-13-7-6-12(11-4-5-11)9-15(13)21(17(22)20-10)14-3-2-8-19-16(14)18/h2-3,6-9,11H,4-5H2,1H3. The molecule has 0 bridgehead atoms. The van der Waals surface area contributed by atoms with E-state index in [-0.39, 0.29) is 5.69 Å². The molecule has 0 unspecified atom stereocenters. The molecule has 1 aliphatic rings. The lowest BCUT2D eigenvalue weighted by Gasteiger charge is -2.13. The first-order valence-corrected chi connectivity index (χ1v) is 7.67. The largest absolute Gasteiger partial charge is 0.352 e. The molecule has 1 aliphatic carbocycles. The third-order valence-electron chi connectivity index (χ3n) is 4.14. The van der Waals surface area contributed by atoms with Crippen LogP contribution in [0.15, 0.2) is 41.3 Å². The van der Waals surface area contributed by atoms with Crippen LogP contribution in [0.5, 0.6) is 0 Å². The molecule has 2 heterocycles. The van der Waals surface area contributed by atoms with Crippen molar-refractivity contribution in [1.29, 1.82) is 0 Å². The molecule has 4 rings (SSSR count). The highest BCUT2D eigenvalue weighted by Gasteiger charge is 2.24. The van der Waals surface area contributed by atoms with Crippen molar-refractivity contribution in [2.45, 2.75) is 25.7 Å². The normalized spacial score (nSPS) is 14.5. The van der Waals surface area contributed by atoms with Crippen molar-refractivity contribution in [2.24, 2.45) is 0 Å². The molecular weight excluding hydrogens is 298 g/mol. The first kappa shape index (κ1) is 13.5. The first-order valence-electron chi connectivity index (χ1n) is 7.29. The summed E-state index contributed by atoms with van der Waals surface area (Å²) in [5, 5.41) is 1.26. The Kier molecular flexibility index (Phi) is 3.01. The van der Waals surface area contributed by atoms with Gasteiger partial charge in [0.1, 0.15) is 0 Å². The second-order valence-electron chi connectivity index (χ2n) is 5.68. The van der Waals surface area contributed by atoms with Crippen molar-refractivity contribution in [3.8, 4) is 5.69 Å². The number of fused-ring (bicyclic) bond motifs is 1. The monoisotopic (exact) mass is 311 g/mol. The van der Waals surface area contributed by atoms with Crippen LogP contribution in [0.2, 0.25) is 5.15 Å². The lowest BCUT2D eigenvalue weighted by molar-refractivity contribution is 0.931. The van der Waals surface area contributed by atoms with Gasteiger partial charge < -0.3 is 0 Å². The molecule has 1 aromatic carbocycles. The quantitative estimate of drug-likeness (QED) is 0.679. The molecule has 0 aliphatic heterocycles. The van der Waals surface area contributed by atoms with Gasteiger partial charge in [-0.3, -0.25) is 4.57 Å². The zero-order valence-electron chi connectivity index (χ0n) is 12.1. The van der Waals surface area contributed by atoms with Crippen LogP contribution in [-0.2, 0) is 0 Å². The molecule has 0 saturated heterocycles. The molecule has 4 nitrogen and oxygen atoms in total. The van der Waals surface area contributed by atoms with Gasteiger partial charge in [0.15, 0.2) is 5.15 Å². The summed E-state index contributed by atoms with van der Waals surface area (Å²) in [5.74, 6) is 0.616. The third-order valence-corrected chi connectivity index (χ3v) is 4.43. The number of aryl methyl sites for hydroxylation is 1. The molecule has 0 N–H and O–H groups in total. The van der Waals surface area contributed by atoms with Gasteiger partial charge in [0.2, 0.25) is 0 Å². The first-order chi connectivity index (χ1) is 10.6. The van der Waals surface area contributed by atoms with Gasteiger partial charge >= 0.3 is 5.69 Å². The molecule has 5 heteroatoms. The Bertz CT molecular complexity index is 944. The van der Waals surface area contributed by atoms with Gasteiger partial charge in [-0.2, -0.15) is 4.98 Å². The lowest BCUT2D eigenvalue weighted by atomic mass is 10.1. The third kappa shape index (κ3) is 2.11. The van der Waals surface area contributed by atoms with Crippen LogP contribution in [0.4, 0.5) is 0 Å². The number of hydrogen-bond acceptors (Lipinski definition) is 3. The Morgan fingerprint density at radius 1 is 1.27 bits per heavy atom. The number of halogens is 1. The molecule has 2 aromatic heterocycles. The Morgan fingerprint density at radius 2 is 2.09 bits per heavy atom. The minimum absolute atomic E-state index is 0.299. The van der Waals surface area contributed by atoms with Crippen LogP contribution >= 0.6 is 11.6 Å². The summed E-state index contributed by atoms with van der Waals surface area (Å²) in [6.07, 6.45) is 4.04. The van der Waals surface area contributed by atoms with Gasteiger partial charge in [0.05, 0.1) is 16.9 Å². The minimum atomic E-state index is -0.326. The summed E-state index contributed by atoms with van der Waals surface area (Å²) in [4.78, 5) is 20.7. The van der Waals surface area contributed by atoms with Crippen LogP contribution in [0, 0.1) is 6.92 Å². The van der Waals surface area contributed by atoms with E-state index in [4.69, 9.17) is 11.6 Å². The van der Waals surface area contributed by atoms with E-state index in [0.717, 1.165) is 16.6 Å². The van der Waals surface area contributed by atoms with Crippen LogP contribution in [-0.4, -0.2) is 14.5 Å². The molecule has 1 fully saturated rings. The van der Waals surface area contributed by atoms with Crippen LogP contribution in [0.25, 0.3) is 16.6 Å². The lowest BCUT2D eigenvalue weighted by Crippen LogP contribution is -2.23. The zero-order chi connectivity index (χ0) is 15.3. The number of rotatable bonds is 2. The van der Waals surface area contributed by atoms with Gasteiger partial charge in [-0.05, 0) is 49.4 Å². The molecule has 110 valence electrons. The van der Waals surface area contributed by atoms with Gasteiger partial charge in [0, 0.05) is 11.6 Å². The number of aromatic nitrogens is 3. The fourth-order valence-corrected chi connectivity index (χ4v) is 3.05. The van der Waals surface area contributed by atoms with Crippen molar-refractivity contribution in [3.63, 3.8) is 0 Å². The van der Waals surface area contributed by atoms with Crippen LogP contribution < -0.4 is 5.69 Å². The average Bonchev–Trinajstić information content (AvgIpc) is 3.33. The van der Waals surface area contributed by atoms with E-state index >= 15 is 0 Å². The maximum absolute atomic E-state index is 12.5. The Morgan fingerprint density at radius 3 is 2.82 bits per heavy atom. The highest BCUT2D eigenvalue weighted by atomic mass is 35.5. The minimum Gasteiger partial charge on any atom is -0.257 e. The molecule has 1 saturated carbocycles. The highest BCUT2D eigenvalue weighted by molar-refractivity contribution is 6.31. The SMILES string of the molecule is Cc1nc(=O)n(-c2cccnc2Cl)c2cc(C3CC3)ccc12. The predicted octanol–water partition coefficient (Wildman–Crippen LogP) is 3.62. The summed E-state index contributed by atoms with van der Waals surface area (Å²) in [6.45, 7) is 1.86. The maximum atomic E-state index is 12.5. The smallest absolute Gasteiger partial charge is 0.257 e. The summed E-state index contributed by atoms with van der Waals surface area (Å²) in [5.41, 5.74) is 3.09. The van der Waals surface area contributed by atoms with Gasteiger partial charge in [-0.25, -0.2) is 9.78 Å². The van der Waals surface area contributed by atoms with Crippen molar-refractivity contribution in [1.82, 2.24) is 14.5 Å². The van der Waals surface area contributed by atoms with Gasteiger partial charge in [-0.15, -0.1) is 0 Å². The van der Waals surface area contributed by atoms with Crippen LogP contribution in [0.3, 0.4) is 0 Å². The van der Waals surface area contributed by atoms with Gasteiger partial charge in [-0.1, -0.05) is 23.7 Å². The zero-order valence-corrected chi connectivity index (χ0v) is 12.8. The molecule has 3 aromatic rings. The van der Waals surface area contributed by atoms with Crippen molar-refractivity contribution in [3.05, 3.63) is 63.4 Å². The Labute approximate surface area is 132 Å². The van der Waals surface area contributed by atoms with Gasteiger partial charge in [0.25, 0.3) is 0 Å². The summed E-state index contributed by atoms with van der Waals surface area (Å²) in [6, 6.07) is 9.83. The molecule has 0 atom stereocenters. The van der Waals surface area contributed by atoms with E-state index in [1.807, 2.05) is 13.0 Å². The average molecular weight is 312 g/mol. The summed E-state index contributed by atoms with van der Waals surface area (Å²) in [7, 11) is 0. The fraction of sp³-hybridized carbons (Fsp3) is 0.235. The van der Waals surface area contributed by atoms with Crippen LogP contribution in [0.1, 0.15) is 30.0 Å². The van der Waals surface area contributed by atoms with E-state index in [1.54, 1.807) is 22.9 Å². The predicted molar refractivity (Wildman–Crippen MR) is 86.9 cm³/mol. The molecule has 22 heavy (non-hydrogen) atoms. The van der Waals surface area contributed by atoms with Crippen molar-refractivity contribution >= 4 is 22.5 Å². The van der Waals surface area contributed by atoms with E-state index < -0.39 is 0 Å². The molecule has 0 amide bonds. The second-order valence-corrected chi connectivity index (χ2v) is 6.04. The number of pyridine rings is 1. The fourth-order valence-electron chi connectivity index (χ4n) is 2.84. The van der Waals surface area contributed by atoms with E-state index in [2.05, 4.69) is 22.1 Å². The Hall–Kier alpha value is -2.20. The number of hydrogen-bond donors (Lipinski definition) is 0. The van der Waals surface area contributed by atoms with E-state index in [1.165, 1.54) is 18.4 Å². The second kappa shape index (κ2) is 4.92. The topological polar surface area (TPSA) is 47.8 Å². The summed E-state index contributed by atoms with van der Waals surface area (Å²) >= 11 is 6.19. The molecule has 0 radical (unpaired) electrons. The highest BCUT2D eigenvalue weighted by Crippen LogP contribution is 2.41. The molecular formula is C17H14ClN3O. The van der Waals surface area contributed by atoms with Crippen molar-refractivity contribution < 1.29 is 0 Å². The van der Waals surface area contributed by atoms with Crippen molar-refractivity contribution in [2.75, 3.05) is 0 Å². The maximum Gasteiger partial charge on any atom is 0.352 e. The molecule has 0 spiro atoms. The number of nitrogens with zero attached hydrogens (tertiary/aromatic N) is 3. The number of benzene rings is 1.